The molecule has 0 fully saturated rings. The molecule has 0 bridgehead atoms. The first kappa shape index (κ1) is 24.8. The Morgan fingerprint density at radius 2 is 1.45 bits per heavy atom. The largest absolute Gasteiger partial charge is 0.289 e. The lowest BCUT2D eigenvalue weighted by molar-refractivity contribution is 1.45. The van der Waals surface area contributed by atoms with E-state index in [2.05, 4.69) is 55.9 Å². The number of benzene rings is 1. The van der Waals surface area contributed by atoms with Crippen LogP contribution < -0.4 is 0 Å². The minimum absolute atomic E-state index is 0.894. The van der Waals surface area contributed by atoms with Crippen LogP contribution in [0.1, 0.15) is 38.8 Å². The number of rotatable bonds is 3. The van der Waals surface area contributed by atoms with Crippen molar-refractivity contribution in [1.82, 2.24) is 0 Å². The van der Waals surface area contributed by atoms with Crippen LogP contribution in [0.15, 0.2) is 73.3 Å². The predicted octanol–water partition coefficient (Wildman–Crippen LogP) is 6.68. The van der Waals surface area contributed by atoms with Gasteiger partial charge in [-0.25, -0.2) is 0 Å². The molecule has 0 spiro atoms. The molecular formula is C21H33N. The summed E-state index contributed by atoms with van der Waals surface area (Å²) in [7, 11) is 1.76. The van der Waals surface area contributed by atoms with Gasteiger partial charge in [-0.2, -0.15) is 0 Å². The zero-order chi connectivity index (χ0) is 17.8. The molecule has 0 unspecified atom stereocenters. The van der Waals surface area contributed by atoms with Gasteiger partial charge in [0.2, 0.25) is 0 Å². The standard InChI is InChI=1S/C13H15N.C4H8.C2H6.C2H4/c1-4-13(14-3)10-9-12-7-5-11(2)6-8-12;1-3-4-2;2*1-2/h4-10H,1H2,2-3H3;3-4H,1-2H3;1-2H3;1-2H2/b10-9+,14-13?;4-3-;;. The molecule has 0 radical (unpaired) electrons. The van der Waals surface area contributed by atoms with Crippen LogP contribution in [0.4, 0.5) is 0 Å². The quantitative estimate of drug-likeness (QED) is 0.436. The lowest BCUT2D eigenvalue weighted by Crippen LogP contribution is -1.84. The molecule has 0 aliphatic rings. The predicted molar refractivity (Wildman–Crippen MR) is 107 cm³/mol. The van der Waals surface area contributed by atoms with Crippen molar-refractivity contribution >= 4 is 11.8 Å². The summed E-state index contributed by atoms with van der Waals surface area (Å²) in [5.41, 5.74) is 3.35. The molecule has 122 valence electrons. The highest BCUT2D eigenvalue weighted by Gasteiger charge is 1.87. The molecule has 1 aromatic rings. The van der Waals surface area contributed by atoms with Crippen molar-refractivity contribution < 1.29 is 0 Å². The zero-order valence-electron chi connectivity index (χ0n) is 15.3. The van der Waals surface area contributed by atoms with E-state index >= 15 is 0 Å². The normalized spacial score (nSPS) is 9.82. The fraction of sp³-hybridized carbons (Fsp3) is 0.286. The summed E-state index contributed by atoms with van der Waals surface area (Å²) in [6.07, 6.45) is 9.73. The molecule has 0 atom stereocenters. The fourth-order valence-electron chi connectivity index (χ4n) is 1.09. The van der Waals surface area contributed by atoms with E-state index in [-0.39, 0.29) is 0 Å². The highest BCUT2D eigenvalue weighted by Crippen LogP contribution is 2.05. The smallest absolute Gasteiger partial charge is 0.0565 e. The molecule has 0 N–H and O–H groups in total. The summed E-state index contributed by atoms with van der Waals surface area (Å²) in [5.74, 6) is 0. The molecule has 1 nitrogen and oxygen atoms in total. The minimum atomic E-state index is 0.894. The molecule has 1 rings (SSSR count). The van der Waals surface area contributed by atoms with Crippen LogP contribution in [-0.2, 0) is 0 Å². The van der Waals surface area contributed by atoms with Crippen molar-refractivity contribution in [3.8, 4) is 0 Å². The number of allylic oxidation sites excluding steroid dienone is 4. The van der Waals surface area contributed by atoms with Gasteiger partial charge in [0.15, 0.2) is 0 Å². The maximum Gasteiger partial charge on any atom is 0.0565 e. The van der Waals surface area contributed by atoms with E-state index in [0.29, 0.717) is 0 Å². The Hall–Kier alpha value is -2.15. The summed E-state index contributed by atoms with van der Waals surface area (Å²) in [5, 5.41) is 0. The second-order valence-corrected chi connectivity index (χ2v) is 3.76. The van der Waals surface area contributed by atoms with Gasteiger partial charge in [0, 0.05) is 7.05 Å². The van der Waals surface area contributed by atoms with E-state index in [4.69, 9.17) is 0 Å². The van der Waals surface area contributed by atoms with Crippen LogP contribution in [0.5, 0.6) is 0 Å². The maximum atomic E-state index is 4.05. The Morgan fingerprint density at radius 1 is 1.00 bits per heavy atom. The van der Waals surface area contributed by atoms with E-state index in [0.717, 1.165) is 5.71 Å². The van der Waals surface area contributed by atoms with Crippen molar-refractivity contribution in [2.24, 2.45) is 4.99 Å². The van der Waals surface area contributed by atoms with Crippen LogP contribution in [0.25, 0.3) is 6.08 Å². The Morgan fingerprint density at radius 3 is 1.77 bits per heavy atom. The highest BCUT2D eigenvalue weighted by molar-refractivity contribution is 6.05. The third kappa shape index (κ3) is 15.9. The maximum absolute atomic E-state index is 4.05. The molecule has 0 aliphatic carbocycles. The Bertz CT molecular complexity index is 429. The van der Waals surface area contributed by atoms with Crippen molar-refractivity contribution in [1.29, 1.82) is 0 Å². The van der Waals surface area contributed by atoms with E-state index in [1.807, 2.05) is 52.0 Å². The molecule has 0 saturated carbocycles. The summed E-state index contributed by atoms with van der Waals surface area (Å²) in [6, 6.07) is 8.36. The van der Waals surface area contributed by atoms with Gasteiger partial charge in [0.1, 0.15) is 0 Å². The molecular weight excluding hydrogens is 266 g/mol. The van der Waals surface area contributed by atoms with Gasteiger partial charge in [-0.05, 0) is 38.5 Å². The third-order valence-electron chi connectivity index (χ3n) is 2.32. The van der Waals surface area contributed by atoms with Crippen LogP contribution in [-0.4, -0.2) is 12.8 Å². The second kappa shape index (κ2) is 21.2. The average molecular weight is 300 g/mol. The zero-order valence-corrected chi connectivity index (χ0v) is 15.3. The summed E-state index contributed by atoms with van der Waals surface area (Å²) in [6.45, 7) is 19.8. The molecule has 1 heteroatoms. The number of hydrogen-bond acceptors (Lipinski definition) is 1. The summed E-state index contributed by atoms with van der Waals surface area (Å²) < 4.78 is 0. The third-order valence-corrected chi connectivity index (χ3v) is 2.32. The van der Waals surface area contributed by atoms with Gasteiger partial charge in [0.25, 0.3) is 0 Å². The second-order valence-electron chi connectivity index (χ2n) is 3.76. The number of nitrogens with zero attached hydrogens (tertiary/aromatic N) is 1. The van der Waals surface area contributed by atoms with Crippen molar-refractivity contribution in [2.45, 2.75) is 34.6 Å². The number of aliphatic imine (C=N–C) groups is 1. The van der Waals surface area contributed by atoms with Crippen LogP contribution >= 0.6 is 0 Å². The molecule has 0 aromatic heterocycles. The van der Waals surface area contributed by atoms with Gasteiger partial charge >= 0.3 is 0 Å². The van der Waals surface area contributed by atoms with Gasteiger partial charge in [0.05, 0.1) is 5.71 Å². The number of aryl methyl sites for hydroxylation is 1. The van der Waals surface area contributed by atoms with Gasteiger partial charge in [-0.3, -0.25) is 4.99 Å². The van der Waals surface area contributed by atoms with E-state index in [9.17, 15) is 0 Å². The van der Waals surface area contributed by atoms with Crippen molar-refractivity contribution in [3.63, 3.8) is 0 Å². The Labute approximate surface area is 138 Å². The Kier molecular flexibility index (Phi) is 23.9. The molecule has 0 amide bonds. The molecule has 0 saturated heterocycles. The Balaban J connectivity index is -0.000000383. The van der Waals surface area contributed by atoms with Gasteiger partial charge in [-0.15, -0.1) is 13.2 Å². The molecule has 0 aliphatic heterocycles. The first-order chi connectivity index (χ1) is 10.7. The number of hydrogen-bond donors (Lipinski definition) is 0. The van der Waals surface area contributed by atoms with Crippen LogP contribution in [0.3, 0.4) is 0 Å². The lowest BCUT2D eigenvalue weighted by atomic mass is 10.1. The summed E-state index contributed by atoms with van der Waals surface area (Å²) >= 11 is 0. The van der Waals surface area contributed by atoms with Crippen molar-refractivity contribution in [3.05, 3.63) is 79.4 Å². The lowest BCUT2D eigenvalue weighted by Gasteiger charge is -1.94. The topological polar surface area (TPSA) is 12.4 Å². The SMILES string of the molecule is C/C=C\C.C=C.C=CC(/C=C/c1ccc(C)cc1)=NC.CC. The monoisotopic (exact) mass is 299 g/mol. The van der Waals surface area contributed by atoms with Gasteiger partial charge in [-0.1, -0.05) is 68.5 Å². The van der Waals surface area contributed by atoms with Crippen LogP contribution in [0, 0.1) is 6.92 Å². The fourth-order valence-corrected chi connectivity index (χ4v) is 1.09. The van der Waals surface area contributed by atoms with Crippen LogP contribution in [0.2, 0.25) is 0 Å². The molecule has 1 aromatic carbocycles. The van der Waals surface area contributed by atoms with Crippen molar-refractivity contribution in [2.75, 3.05) is 7.05 Å². The van der Waals surface area contributed by atoms with E-state index in [1.165, 1.54) is 11.1 Å². The van der Waals surface area contributed by atoms with Gasteiger partial charge < -0.3 is 0 Å². The van der Waals surface area contributed by atoms with E-state index in [1.54, 1.807) is 13.1 Å². The first-order valence-corrected chi connectivity index (χ1v) is 7.59. The first-order valence-electron chi connectivity index (χ1n) is 7.59. The average Bonchev–Trinajstić information content (AvgIpc) is 2.61. The molecule has 0 heterocycles. The van der Waals surface area contributed by atoms with E-state index < -0.39 is 0 Å². The summed E-state index contributed by atoms with van der Waals surface area (Å²) in [4.78, 5) is 4.05. The highest BCUT2D eigenvalue weighted by atomic mass is 14.7. The minimum Gasteiger partial charge on any atom is -0.289 e. The molecule has 22 heavy (non-hydrogen) atoms.